The van der Waals surface area contributed by atoms with Crippen molar-refractivity contribution in [2.24, 2.45) is 10.7 Å². The summed E-state index contributed by atoms with van der Waals surface area (Å²) in [7, 11) is 1.57. The number of hydrogen-bond acceptors (Lipinski definition) is 5. The molecular formula is C12H17F3N6OS. The number of guanidine groups is 1. The number of nitrogens with zero attached hydrogens (tertiary/aromatic N) is 3. The van der Waals surface area contributed by atoms with E-state index in [-0.39, 0.29) is 17.7 Å². The van der Waals surface area contributed by atoms with Crippen LogP contribution in [0.1, 0.15) is 12.8 Å². The van der Waals surface area contributed by atoms with Crippen LogP contribution in [0.5, 0.6) is 0 Å². The van der Waals surface area contributed by atoms with Gasteiger partial charge in [0.25, 0.3) is 0 Å². The van der Waals surface area contributed by atoms with Crippen LogP contribution < -0.4 is 16.4 Å². The maximum atomic E-state index is 12.0. The zero-order chi connectivity index (χ0) is 17.3. The molecule has 23 heavy (non-hydrogen) atoms. The second-order valence-corrected chi connectivity index (χ2v) is 5.35. The van der Waals surface area contributed by atoms with Gasteiger partial charge in [0, 0.05) is 25.4 Å². The van der Waals surface area contributed by atoms with Gasteiger partial charge in [-0.15, -0.1) is 0 Å². The Labute approximate surface area is 135 Å². The van der Waals surface area contributed by atoms with E-state index in [0.29, 0.717) is 23.8 Å². The molecule has 1 aromatic rings. The Balaban J connectivity index is 2.48. The van der Waals surface area contributed by atoms with Crippen LogP contribution in [-0.4, -0.2) is 47.4 Å². The Kier molecular flexibility index (Phi) is 7.59. The number of carbonyl (C=O) groups excluding carboxylic acids is 1. The van der Waals surface area contributed by atoms with E-state index < -0.39 is 12.7 Å². The molecule has 0 atom stereocenters. The SMILES string of the molecule is CNC(=O)CCCSc1nccc(NC(N)=NCC(F)(F)F)n1. The van der Waals surface area contributed by atoms with Crippen LogP contribution in [-0.2, 0) is 4.79 Å². The van der Waals surface area contributed by atoms with Gasteiger partial charge in [-0.3, -0.25) is 4.79 Å². The fraction of sp³-hybridized carbons (Fsp3) is 0.500. The fourth-order valence-corrected chi connectivity index (χ4v) is 2.12. The summed E-state index contributed by atoms with van der Waals surface area (Å²) in [5.41, 5.74) is 5.36. The summed E-state index contributed by atoms with van der Waals surface area (Å²) < 4.78 is 36.1. The molecule has 1 heterocycles. The van der Waals surface area contributed by atoms with Crippen molar-refractivity contribution < 1.29 is 18.0 Å². The number of hydrogen-bond donors (Lipinski definition) is 3. The number of aliphatic imine (C=N–C) groups is 1. The summed E-state index contributed by atoms with van der Waals surface area (Å²) >= 11 is 1.33. The molecule has 1 aromatic heterocycles. The Morgan fingerprint density at radius 1 is 1.48 bits per heavy atom. The molecule has 0 radical (unpaired) electrons. The molecule has 0 saturated heterocycles. The second-order valence-electron chi connectivity index (χ2n) is 4.29. The third-order valence-electron chi connectivity index (χ3n) is 2.38. The number of halogens is 3. The average Bonchev–Trinajstić information content (AvgIpc) is 2.49. The first kappa shape index (κ1) is 19.0. The van der Waals surface area contributed by atoms with Gasteiger partial charge in [-0.25, -0.2) is 15.0 Å². The van der Waals surface area contributed by atoms with E-state index >= 15 is 0 Å². The van der Waals surface area contributed by atoms with Crippen molar-refractivity contribution in [3.63, 3.8) is 0 Å². The summed E-state index contributed by atoms with van der Waals surface area (Å²) in [6.07, 6.45) is -1.91. The number of carbonyl (C=O) groups is 1. The van der Waals surface area contributed by atoms with Crippen molar-refractivity contribution in [3.05, 3.63) is 12.3 Å². The Bertz CT molecular complexity index is 552. The second kappa shape index (κ2) is 9.18. The molecule has 11 heteroatoms. The third kappa shape index (κ3) is 8.86. The first-order valence-electron chi connectivity index (χ1n) is 6.60. The third-order valence-corrected chi connectivity index (χ3v) is 3.32. The number of thioether (sulfide) groups is 1. The van der Waals surface area contributed by atoms with Gasteiger partial charge in [0.1, 0.15) is 12.4 Å². The lowest BCUT2D eigenvalue weighted by Gasteiger charge is -2.07. The normalized spacial score (nSPS) is 12.1. The number of rotatable bonds is 7. The van der Waals surface area contributed by atoms with Gasteiger partial charge < -0.3 is 16.4 Å². The minimum atomic E-state index is -4.41. The predicted molar refractivity (Wildman–Crippen MR) is 82.2 cm³/mol. The van der Waals surface area contributed by atoms with Gasteiger partial charge in [0.15, 0.2) is 11.1 Å². The average molecular weight is 350 g/mol. The van der Waals surface area contributed by atoms with E-state index in [4.69, 9.17) is 5.73 Å². The Morgan fingerprint density at radius 3 is 2.87 bits per heavy atom. The Hall–Kier alpha value is -2.04. The van der Waals surface area contributed by atoms with Crippen LogP contribution in [0.3, 0.4) is 0 Å². The molecule has 0 aliphatic rings. The molecule has 0 aromatic carbocycles. The summed E-state index contributed by atoms with van der Waals surface area (Å²) in [6.45, 7) is -1.36. The monoisotopic (exact) mass is 350 g/mol. The van der Waals surface area contributed by atoms with E-state index in [9.17, 15) is 18.0 Å². The van der Waals surface area contributed by atoms with Crippen LogP contribution in [0, 0.1) is 0 Å². The first-order valence-corrected chi connectivity index (χ1v) is 7.59. The molecule has 128 valence electrons. The maximum absolute atomic E-state index is 12.0. The lowest BCUT2D eigenvalue weighted by molar-refractivity contribution is -0.120. The highest BCUT2D eigenvalue weighted by Crippen LogP contribution is 2.17. The standard InChI is InChI=1S/C12H17F3N6OS/c1-17-9(22)3-2-6-23-11-18-5-4-8(21-11)20-10(16)19-7-12(13,14)15/h4-5H,2-3,6-7H2,1H3,(H,17,22)(H3,16,18,19,20,21). The number of amides is 1. The molecule has 0 fully saturated rings. The molecule has 0 spiro atoms. The number of anilines is 1. The Morgan fingerprint density at radius 2 is 2.22 bits per heavy atom. The molecule has 0 aliphatic carbocycles. The van der Waals surface area contributed by atoms with Crippen LogP contribution >= 0.6 is 11.8 Å². The highest BCUT2D eigenvalue weighted by Gasteiger charge is 2.26. The molecule has 1 amide bonds. The van der Waals surface area contributed by atoms with Crippen molar-refractivity contribution >= 4 is 29.4 Å². The van der Waals surface area contributed by atoms with E-state index in [2.05, 4.69) is 25.6 Å². The van der Waals surface area contributed by atoms with Gasteiger partial charge in [0.2, 0.25) is 5.91 Å². The summed E-state index contributed by atoms with van der Waals surface area (Å²) in [4.78, 5) is 22.3. The van der Waals surface area contributed by atoms with Crippen LogP contribution in [0.2, 0.25) is 0 Å². The molecule has 0 aliphatic heterocycles. The molecule has 7 nitrogen and oxygen atoms in total. The van der Waals surface area contributed by atoms with Crippen molar-refractivity contribution in [2.75, 3.05) is 24.7 Å². The van der Waals surface area contributed by atoms with Crippen LogP contribution in [0.25, 0.3) is 0 Å². The summed E-state index contributed by atoms with van der Waals surface area (Å²) in [6, 6.07) is 1.46. The molecule has 4 N–H and O–H groups in total. The van der Waals surface area contributed by atoms with E-state index in [1.54, 1.807) is 7.05 Å². The highest BCUT2D eigenvalue weighted by molar-refractivity contribution is 7.99. The minimum Gasteiger partial charge on any atom is -0.370 e. The lowest BCUT2D eigenvalue weighted by atomic mass is 10.3. The van der Waals surface area contributed by atoms with E-state index in [1.807, 2.05) is 0 Å². The number of aromatic nitrogens is 2. The van der Waals surface area contributed by atoms with Gasteiger partial charge in [-0.05, 0) is 12.5 Å². The van der Waals surface area contributed by atoms with Crippen molar-refractivity contribution in [1.29, 1.82) is 0 Å². The highest BCUT2D eigenvalue weighted by atomic mass is 32.2. The quantitative estimate of drug-likeness (QED) is 0.226. The van der Waals surface area contributed by atoms with Gasteiger partial charge in [-0.2, -0.15) is 13.2 Å². The van der Waals surface area contributed by atoms with Gasteiger partial charge in [-0.1, -0.05) is 11.8 Å². The molecule has 0 bridgehead atoms. The number of alkyl halides is 3. The smallest absolute Gasteiger partial charge is 0.370 e. The van der Waals surface area contributed by atoms with Crippen LogP contribution in [0.15, 0.2) is 22.4 Å². The van der Waals surface area contributed by atoms with Gasteiger partial charge >= 0.3 is 6.18 Å². The first-order chi connectivity index (χ1) is 10.8. The minimum absolute atomic E-state index is 0.0458. The molecule has 0 saturated carbocycles. The maximum Gasteiger partial charge on any atom is 0.408 e. The molecular weight excluding hydrogens is 333 g/mol. The van der Waals surface area contributed by atoms with E-state index in [0.717, 1.165) is 0 Å². The van der Waals surface area contributed by atoms with Crippen LogP contribution in [0.4, 0.5) is 19.0 Å². The summed E-state index contributed by atoms with van der Waals surface area (Å²) in [5, 5.41) is 5.42. The summed E-state index contributed by atoms with van der Waals surface area (Å²) in [5.74, 6) is 0.457. The topological polar surface area (TPSA) is 105 Å². The van der Waals surface area contributed by atoms with E-state index in [1.165, 1.54) is 24.0 Å². The number of nitrogens with one attached hydrogen (secondary N) is 2. The fourth-order valence-electron chi connectivity index (χ4n) is 1.35. The molecule has 1 rings (SSSR count). The number of nitrogens with two attached hydrogens (primary N) is 1. The van der Waals surface area contributed by atoms with Crippen molar-refractivity contribution in [2.45, 2.75) is 24.2 Å². The lowest BCUT2D eigenvalue weighted by Crippen LogP contribution is -2.26. The zero-order valence-corrected chi connectivity index (χ0v) is 13.2. The van der Waals surface area contributed by atoms with Gasteiger partial charge in [0.05, 0.1) is 0 Å². The largest absolute Gasteiger partial charge is 0.408 e. The zero-order valence-electron chi connectivity index (χ0n) is 12.4. The van der Waals surface area contributed by atoms with Crippen molar-refractivity contribution in [1.82, 2.24) is 15.3 Å². The van der Waals surface area contributed by atoms with Crippen molar-refractivity contribution in [3.8, 4) is 0 Å². The predicted octanol–water partition coefficient (Wildman–Crippen LogP) is 1.38. The molecule has 0 unspecified atom stereocenters.